The summed E-state index contributed by atoms with van der Waals surface area (Å²) < 4.78 is 18.1. The first-order valence-electron chi connectivity index (χ1n) is 5.46. The fraction of sp³-hybridized carbons (Fsp3) is 0.231. The topological polar surface area (TPSA) is 61.0 Å². The van der Waals surface area contributed by atoms with Gasteiger partial charge in [-0.25, -0.2) is 4.39 Å². The van der Waals surface area contributed by atoms with E-state index in [1.54, 1.807) is 38.4 Å². The van der Waals surface area contributed by atoms with Crippen LogP contribution in [-0.2, 0) is 5.54 Å². The molecule has 2 N–H and O–H groups in total. The van der Waals surface area contributed by atoms with Gasteiger partial charge < -0.3 is 10.5 Å². The van der Waals surface area contributed by atoms with Crippen LogP contribution in [0.1, 0.15) is 18.3 Å². The lowest BCUT2D eigenvalue weighted by atomic mass is 9.93. The average molecular weight is 247 g/mol. The summed E-state index contributed by atoms with van der Waals surface area (Å²) in [6, 6.07) is 6.40. The molecule has 94 valence electrons. The minimum absolute atomic E-state index is 0.400. The molecule has 0 spiro atoms. The van der Waals surface area contributed by atoms with Gasteiger partial charge in [0.15, 0.2) is 0 Å². The molecular weight excluding hydrogens is 233 g/mol. The van der Waals surface area contributed by atoms with E-state index in [2.05, 4.69) is 9.97 Å². The lowest BCUT2D eigenvalue weighted by Gasteiger charge is -2.25. The zero-order valence-electron chi connectivity index (χ0n) is 10.2. The zero-order chi connectivity index (χ0) is 13.2. The molecule has 0 radical (unpaired) electrons. The second kappa shape index (κ2) is 4.70. The van der Waals surface area contributed by atoms with E-state index < -0.39 is 11.4 Å². The molecule has 1 atom stereocenters. The van der Waals surface area contributed by atoms with Crippen LogP contribution in [0, 0.1) is 5.82 Å². The molecule has 0 aliphatic rings. The Balaban J connectivity index is 2.50. The third-order valence-corrected chi connectivity index (χ3v) is 2.74. The maximum absolute atomic E-state index is 12.9. The maximum Gasteiger partial charge on any atom is 0.142 e. The van der Waals surface area contributed by atoms with Crippen LogP contribution in [0.3, 0.4) is 0 Å². The molecule has 1 unspecified atom stereocenters. The van der Waals surface area contributed by atoms with Gasteiger partial charge in [-0.15, -0.1) is 0 Å². The molecule has 0 aliphatic carbocycles. The van der Waals surface area contributed by atoms with Gasteiger partial charge in [-0.2, -0.15) is 0 Å². The first kappa shape index (κ1) is 12.4. The third-order valence-electron chi connectivity index (χ3n) is 2.74. The van der Waals surface area contributed by atoms with Gasteiger partial charge in [0.05, 0.1) is 19.0 Å². The Kier molecular flexibility index (Phi) is 3.25. The van der Waals surface area contributed by atoms with Crippen molar-refractivity contribution >= 4 is 0 Å². The van der Waals surface area contributed by atoms with Crippen LogP contribution in [-0.4, -0.2) is 17.1 Å². The second-order valence-corrected chi connectivity index (χ2v) is 4.12. The van der Waals surface area contributed by atoms with Crippen molar-refractivity contribution in [2.75, 3.05) is 7.11 Å². The molecule has 0 saturated carbocycles. The summed E-state index contributed by atoms with van der Waals surface area (Å²) in [5.41, 5.74) is 6.40. The largest absolute Gasteiger partial charge is 0.495 e. The zero-order valence-corrected chi connectivity index (χ0v) is 10.2. The molecule has 0 aromatic carbocycles. The summed E-state index contributed by atoms with van der Waals surface area (Å²) in [4.78, 5) is 8.24. The van der Waals surface area contributed by atoms with E-state index in [-0.39, 0.29) is 0 Å². The number of nitrogens with two attached hydrogens (primary N) is 1. The van der Waals surface area contributed by atoms with Gasteiger partial charge in [-0.05, 0) is 31.2 Å². The van der Waals surface area contributed by atoms with Crippen molar-refractivity contribution in [3.8, 4) is 5.75 Å². The van der Waals surface area contributed by atoms with Crippen molar-refractivity contribution in [2.45, 2.75) is 12.5 Å². The smallest absolute Gasteiger partial charge is 0.142 e. The Labute approximate surface area is 105 Å². The van der Waals surface area contributed by atoms with Crippen LogP contribution >= 0.6 is 0 Å². The summed E-state index contributed by atoms with van der Waals surface area (Å²) in [5.74, 6) is 0.177. The third kappa shape index (κ3) is 2.17. The Morgan fingerprint density at radius 3 is 2.67 bits per heavy atom. The van der Waals surface area contributed by atoms with E-state index in [0.717, 1.165) is 6.20 Å². The monoisotopic (exact) mass is 247 g/mol. The van der Waals surface area contributed by atoms with Gasteiger partial charge >= 0.3 is 0 Å². The van der Waals surface area contributed by atoms with Crippen molar-refractivity contribution < 1.29 is 9.13 Å². The molecule has 0 aliphatic heterocycles. The van der Waals surface area contributed by atoms with Gasteiger partial charge in [0.25, 0.3) is 0 Å². The predicted molar refractivity (Wildman–Crippen MR) is 65.6 cm³/mol. The average Bonchev–Trinajstić information content (AvgIpc) is 2.39. The fourth-order valence-corrected chi connectivity index (χ4v) is 1.75. The highest BCUT2D eigenvalue weighted by atomic mass is 19.1. The van der Waals surface area contributed by atoms with Crippen LogP contribution in [0.15, 0.2) is 36.7 Å². The fourth-order valence-electron chi connectivity index (χ4n) is 1.75. The van der Waals surface area contributed by atoms with Crippen LogP contribution in [0.4, 0.5) is 4.39 Å². The predicted octanol–water partition coefficient (Wildman–Crippen LogP) is 1.85. The molecule has 0 saturated heterocycles. The number of methoxy groups -OCH3 is 1. The Morgan fingerprint density at radius 1 is 1.28 bits per heavy atom. The number of aromatic nitrogens is 2. The molecule has 2 heterocycles. The first-order valence-corrected chi connectivity index (χ1v) is 5.46. The molecule has 4 nitrogen and oxygen atoms in total. The van der Waals surface area contributed by atoms with Crippen LogP contribution in [0.5, 0.6) is 5.75 Å². The van der Waals surface area contributed by atoms with Crippen LogP contribution < -0.4 is 10.5 Å². The molecule has 0 amide bonds. The summed E-state index contributed by atoms with van der Waals surface area (Å²) in [6.45, 7) is 1.76. The summed E-state index contributed by atoms with van der Waals surface area (Å²) >= 11 is 0. The summed E-state index contributed by atoms with van der Waals surface area (Å²) in [6.07, 6.45) is 2.77. The lowest BCUT2D eigenvalue weighted by molar-refractivity contribution is 0.392. The van der Waals surface area contributed by atoms with E-state index in [1.165, 1.54) is 6.07 Å². The minimum Gasteiger partial charge on any atom is -0.495 e. The minimum atomic E-state index is -0.944. The van der Waals surface area contributed by atoms with E-state index in [1.807, 2.05) is 0 Å². The Bertz CT molecular complexity index is 540. The van der Waals surface area contributed by atoms with Gasteiger partial charge in [-0.1, -0.05) is 0 Å². The molecule has 2 rings (SSSR count). The van der Waals surface area contributed by atoms with Crippen molar-refractivity contribution in [2.24, 2.45) is 5.73 Å². The molecular formula is C13H14FN3O. The highest BCUT2D eigenvalue weighted by Crippen LogP contribution is 2.30. The maximum atomic E-state index is 12.9. The second-order valence-electron chi connectivity index (χ2n) is 4.12. The number of hydrogen-bond acceptors (Lipinski definition) is 4. The van der Waals surface area contributed by atoms with E-state index in [0.29, 0.717) is 17.1 Å². The van der Waals surface area contributed by atoms with Crippen molar-refractivity contribution in [1.82, 2.24) is 9.97 Å². The van der Waals surface area contributed by atoms with Crippen molar-refractivity contribution in [3.05, 3.63) is 53.9 Å². The Morgan fingerprint density at radius 2 is 2.06 bits per heavy atom. The number of nitrogens with zero attached hydrogens (tertiary/aromatic N) is 2. The quantitative estimate of drug-likeness (QED) is 0.899. The SMILES string of the molecule is COc1cccnc1C(C)(N)c1ccc(F)cn1. The summed E-state index contributed by atoms with van der Waals surface area (Å²) in [7, 11) is 1.55. The highest BCUT2D eigenvalue weighted by Gasteiger charge is 2.30. The standard InChI is InChI=1S/C13H14FN3O/c1-13(15,11-6-5-9(14)8-17-11)12-10(18-2)4-3-7-16-12/h3-8H,15H2,1-2H3. The highest BCUT2D eigenvalue weighted by molar-refractivity contribution is 5.38. The molecule has 0 bridgehead atoms. The number of halogens is 1. The molecule has 5 heteroatoms. The van der Waals surface area contributed by atoms with Gasteiger partial charge in [0, 0.05) is 6.20 Å². The molecule has 2 aromatic heterocycles. The van der Waals surface area contributed by atoms with Crippen molar-refractivity contribution in [3.63, 3.8) is 0 Å². The lowest BCUT2D eigenvalue weighted by Crippen LogP contribution is -2.36. The van der Waals surface area contributed by atoms with Crippen LogP contribution in [0.25, 0.3) is 0 Å². The van der Waals surface area contributed by atoms with Crippen molar-refractivity contribution in [1.29, 1.82) is 0 Å². The van der Waals surface area contributed by atoms with Gasteiger partial charge in [0.1, 0.15) is 22.8 Å². The van der Waals surface area contributed by atoms with E-state index >= 15 is 0 Å². The number of rotatable bonds is 3. The molecule has 18 heavy (non-hydrogen) atoms. The normalized spacial score (nSPS) is 14.0. The van der Waals surface area contributed by atoms with Gasteiger partial charge in [0.2, 0.25) is 0 Å². The van der Waals surface area contributed by atoms with E-state index in [9.17, 15) is 4.39 Å². The van der Waals surface area contributed by atoms with Gasteiger partial charge in [-0.3, -0.25) is 9.97 Å². The first-order chi connectivity index (χ1) is 8.55. The summed E-state index contributed by atoms with van der Waals surface area (Å²) in [5, 5.41) is 0. The van der Waals surface area contributed by atoms with E-state index in [4.69, 9.17) is 10.5 Å². The van der Waals surface area contributed by atoms with Crippen LogP contribution in [0.2, 0.25) is 0 Å². The number of pyridine rings is 2. The molecule has 2 aromatic rings. The Hall–Kier alpha value is -2.01. The molecule has 0 fully saturated rings. The number of hydrogen-bond donors (Lipinski definition) is 1. The number of ether oxygens (including phenoxy) is 1.